The minimum Gasteiger partial charge on any atom is -0.492 e. The Kier molecular flexibility index (Phi) is 6.10. The second kappa shape index (κ2) is 7.68. The standard InChI is InChI=1S/C13H19NO3/c1-2-17-12-8-4-3-7-11(12)14-13(16)9-5-6-10-15/h3-4,7-8,15H,2,5-6,9-10H2,1H3,(H,14,16). The van der Waals surface area contributed by atoms with Gasteiger partial charge in [0, 0.05) is 13.0 Å². The first kappa shape index (κ1) is 13.5. The topological polar surface area (TPSA) is 58.6 Å². The van der Waals surface area contributed by atoms with Crippen molar-refractivity contribution >= 4 is 11.6 Å². The van der Waals surface area contributed by atoms with Gasteiger partial charge >= 0.3 is 0 Å². The number of rotatable bonds is 7. The van der Waals surface area contributed by atoms with Crippen LogP contribution >= 0.6 is 0 Å². The Labute approximate surface area is 102 Å². The molecular weight excluding hydrogens is 218 g/mol. The molecule has 0 aliphatic rings. The monoisotopic (exact) mass is 237 g/mol. The van der Waals surface area contributed by atoms with E-state index in [1.54, 1.807) is 0 Å². The quantitative estimate of drug-likeness (QED) is 0.715. The Morgan fingerprint density at radius 3 is 2.82 bits per heavy atom. The second-order valence-electron chi connectivity index (χ2n) is 3.66. The van der Waals surface area contributed by atoms with E-state index in [0.717, 1.165) is 0 Å². The molecule has 0 bridgehead atoms. The lowest BCUT2D eigenvalue weighted by Crippen LogP contribution is -2.12. The van der Waals surface area contributed by atoms with Gasteiger partial charge < -0.3 is 15.2 Å². The molecule has 0 radical (unpaired) electrons. The number of unbranched alkanes of at least 4 members (excludes halogenated alkanes) is 1. The van der Waals surface area contributed by atoms with E-state index < -0.39 is 0 Å². The molecule has 4 heteroatoms. The van der Waals surface area contributed by atoms with Gasteiger partial charge in [-0.1, -0.05) is 12.1 Å². The number of para-hydroxylation sites is 2. The number of nitrogens with one attached hydrogen (secondary N) is 1. The summed E-state index contributed by atoms with van der Waals surface area (Å²) in [5.74, 6) is 0.635. The summed E-state index contributed by atoms with van der Waals surface area (Å²) in [6.45, 7) is 2.60. The number of amides is 1. The van der Waals surface area contributed by atoms with Crippen molar-refractivity contribution in [3.05, 3.63) is 24.3 Å². The summed E-state index contributed by atoms with van der Waals surface area (Å²) in [5, 5.41) is 11.4. The van der Waals surface area contributed by atoms with Crippen LogP contribution in [-0.4, -0.2) is 24.2 Å². The average molecular weight is 237 g/mol. The lowest BCUT2D eigenvalue weighted by atomic mass is 10.2. The molecule has 0 unspecified atom stereocenters. The van der Waals surface area contributed by atoms with Crippen LogP contribution in [0.15, 0.2) is 24.3 Å². The normalized spacial score (nSPS) is 10.0. The van der Waals surface area contributed by atoms with E-state index >= 15 is 0 Å². The summed E-state index contributed by atoms with van der Waals surface area (Å²) in [4.78, 5) is 11.6. The highest BCUT2D eigenvalue weighted by molar-refractivity contribution is 5.92. The van der Waals surface area contributed by atoms with E-state index in [9.17, 15) is 4.79 Å². The molecule has 0 saturated carbocycles. The van der Waals surface area contributed by atoms with Gasteiger partial charge in [0.25, 0.3) is 0 Å². The van der Waals surface area contributed by atoms with Gasteiger partial charge in [-0.3, -0.25) is 4.79 Å². The van der Waals surface area contributed by atoms with E-state index in [1.807, 2.05) is 31.2 Å². The number of benzene rings is 1. The molecule has 1 aromatic rings. The molecule has 1 rings (SSSR count). The van der Waals surface area contributed by atoms with Gasteiger partial charge in [0.1, 0.15) is 5.75 Å². The molecular formula is C13H19NO3. The molecule has 0 aromatic heterocycles. The third-order valence-corrected chi connectivity index (χ3v) is 2.27. The van der Waals surface area contributed by atoms with E-state index in [0.29, 0.717) is 37.3 Å². The molecule has 0 heterocycles. The fourth-order valence-corrected chi connectivity index (χ4v) is 1.46. The molecule has 0 spiro atoms. The Hall–Kier alpha value is -1.55. The zero-order valence-corrected chi connectivity index (χ0v) is 10.1. The van der Waals surface area contributed by atoms with E-state index in [4.69, 9.17) is 9.84 Å². The number of hydrogen-bond donors (Lipinski definition) is 2. The number of carbonyl (C=O) groups excluding carboxylic acids is 1. The molecule has 0 atom stereocenters. The van der Waals surface area contributed by atoms with Crippen molar-refractivity contribution in [3.8, 4) is 5.75 Å². The van der Waals surface area contributed by atoms with Crippen LogP contribution in [-0.2, 0) is 4.79 Å². The predicted molar refractivity (Wildman–Crippen MR) is 67.2 cm³/mol. The second-order valence-corrected chi connectivity index (χ2v) is 3.66. The molecule has 94 valence electrons. The fraction of sp³-hybridized carbons (Fsp3) is 0.462. The number of aliphatic hydroxyl groups excluding tert-OH is 1. The zero-order chi connectivity index (χ0) is 12.5. The van der Waals surface area contributed by atoms with Crippen LogP contribution in [0.4, 0.5) is 5.69 Å². The smallest absolute Gasteiger partial charge is 0.224 e. The Morgan fingerprint density at radius 2 is 2.12 bits per heavy atom. The van der Waals surface area contributed by atoms with Crippen molar-refractivity contribution in [3.63, 3.8) is 0 Å². The minimum atomic E-state index is -0.0504. The summed E-state index contributed by atoms with van der Waals surface area (Å²) in [5.41, 5.74) is 0.698. The molecule has 1 aromatic carbocycles. The lowest BCUT2D eigenvalue weighted by molar-refractivity contribution is -0.116. The highest BCUT2D eigenvalue weighted by atomic mass is 16.5. The summed E-state index contributed by atoms with van der Waals surface area (Å²) in [7, 11) is 0. The first-order valence-corrected chi connectivity index (χ1v) is 5.90. The van der Waals surface area contributed by atoms with Crippen molar-refractivity contribution < 1.29 is 14.6 Å². The van der Waals surface area contributed by atoms with Crippen molar-refractivity contribution in [2.75, 3.05) is 18.5 Å². The summed E-state index contributed by atoms with van der Waals surface area (Å²) >= 11 is 0. The van der Waals surface area contributed by atoms with Crippen LogP contribution in [0.2, 0.25) is 0 Å². The molecule has 0 fully saturated rings. The third kappa shape index (κ3) is 4.87. The van der Waals surface area contributed by atoms with Crippen molar-refractivity contribution in [1.29, 1.82) is 0 Å². The molecule has 0 aliphatic heterocycles. The molecule has 0 saturated heterocycles. The van der Waals surface area contributed by atoms with Crippen LogP contribution in [0.1, 0.15) is 26.2 Å². The van der Waals surface area contributed by atoms with Gasteiger partial charge in [-0.25, -0.2) is 0 Å². The van der Waals surface area contributed by atoms with Gasteiger partial charge in [-0.2, -0.15) is 0 Å². The van der Waals surface area contributed by atoms with E-state index in [2.05, 4.69) is 5.32 Å². The molecule has 1 amide bonds. The molecule has 17 heavy (non-hydrogen) atoms. The highest BCUT2D eigenvalue weighted by Crippen LogP contribution is 2.23. The van der Waals surface area contributed by atoms with Crippen LogP contribution in [0, 0.1) is 0 Å². The number of ether oxygens (including phenoxy) is 1. The molecule has 2 N–H and O–H groups in total. The number of aliphatic hydroxyl groups is 1. The van der Waals surface area contributed by atoms with Crippen molar-refractivity contribution in [2.24, 2.45) is 0 Å². The predicted octanol–water partition coefficient (Wildman–Crippen LogP) is 2.19. The Morgan fingerprint density at radius 1 is 1.35 bits per heavy atom. The van der Waals surface area contributed by atoms with Gasteiger partial charge in [0.05, 0.1) is 12.3 Å². The first-order chi connectivity index (χ1) is 8.27. The van der Waals surface area contributed by atoms with E-state index in [1.165, 1.54) is 0 Å². The van der Waals surface area contributed by atoms with Gasteiger partial charge in [0.2, 0.25) is 5.91 Å². The van der Waals surface area contributed by atoms with Gasteiger partial charge in [-0.05, 0) is 31.9 Å². The van der Waals surface area contributed by atoms with Crippen LogP contribution < -0.4 is 10.1 Å². The highest BCUT2D eigenvalue weighted by Gasteiger charge is 2.06. The third-order valence-electron chi connectivity index (χ3n) is 2.27. The number of hydrogen-bond acceptors (Lipinski definition) is 3. The maximum absolute atomic E-state index is 11.6. The number of carbonyl (C=O) groups is 1. The zero-order valence-electron chi connectivity index (χ0n) is 10.1. The SMILES string of the molecule is CCOc1ccccc1NC(=O)CCCCO. The summed E-state index contributed by atoms with van der Waals surface area (Å²) in [6.07, 6.45) is 1.76. The summed E-state index contributed by atoms with van der Waals surface area (Å²) in [6, 6.07) is 7.36. The van der Waals surface area contributed by atoms with Crippen LogP contribution in [0.5, 0.6) is 5.75 Å². The largest absolute Gasteiger partial charge is 0.492 e. The maximum Gasteiger partial charge on any atom is 0.224 e. The van der Waals surface area contributed by atoms with Gasteiger partial charge in [-0.15, -0.1) is 0 Å². The van der Waals surface area contributed by atoms with Crippen molar-refractivity contribution in [2.45, 2.75) is 26.2 Å². The number of anilines is 1. The minimum absolute atomic E-state index is 0.0504. The first-order valence-electron chi connectivity index (χ1n) is 5.90. The average Bonchev–Trinajstić information content (AvgIpc) is 2.32. The summed E-state index contributed by atoms with van der Waals surface area (Å²) < 4.78 is 5.41. The van der Waals surface area contributed by atoms with Crippen molar-refractivity contribution in [1.82, 2.24) is 0 Å². The molecule has 0 aliphatic carbocycles. The van der Waals surface area contributed by atoms with Crippen LogP contribution in [0.3, 0.4) is 0 Å². The maximum atomic E-state index is 11.6. The van der Waals surface area contributed by atoms with Gasteiger partial charge in [0.15, 0.2) is 0 Å². The molecule has 4 nitrogen and oxygen atoms in total. The lowest BCUT2D eigenvalue weighted by Gasteiger charge is -2.10. The fourth-order valence-electron chi connectivity index (χ4n) is 1.46. The Bertz CT molecular complexity index is 352. The van der Waals surface area contributed by atoms with Crippen LogP contribution in [0.25, 0.3) is 0 Å². The Balaban J connectivity index is 2.52. The van der Waals surface area contributed by atoms with E-state index in [-0.39, 0.29) is 12.5 Å².